The van der Waals surface area contributed by atoms with Crippen LogP contribution in [0.3, 0.4) is 0 Å². The summed E-state index contributed by atoms with van der Waals surface area (Å²) in [6.07, 6.45) is 1.14. The van der Waals surface area contributed by atoms with Crippen LogP contribution < -0.4 is 0 Å². The van der Waals surface area contributed by atoms with Crippen molar-refractivity contribution in [3.05, 3.63) is 35.9 Å². The summed E-state index contributed by atoms with van der Waals surface area (Å²) in [4.78, 5) is 11.1. The lowest BCUT2D eigenvalue weighted by Gasteiger charge is -2.07. The van der Waals surface area contributed by atoms with Gasteiger partial charge in [-0.3, -0.25) is 4.79 Å². The zero-order chi connectivity index (χ0) is 13.2. The zero-order valence-corrected chi connectivity index (χ0v) is 10.5. The van der Waals surface area contributed by atoms with Gasteiger partial charge in [0.15, 0.2) is 0 Å². The molecular weight excluding hydrogens is 230 g/mol. The van der Waals surface area contributed by atoms with Crippen molar-refractivity contribution in [3.63, 3.8) is 0 Å². The first-order valence-electron chi connectivity index (χ1n) is 5.87. The van der Waals surface area contributed by atoms with Crippen molar-refractivity contribution in [2.75, 3.05) is 13.7 Å². The zero-order valence-electron chi connectivity index (χ0n) is 10.5. The molecule has 1 unspecified atom stereocenters. The number of benzene rings is 1. The molecule has 0 heterocycles. The molecule has 0 aromatic heterocycles. The molecule has 4 heteroatoms. The van der Waals surface area contributed by atoms with Gasteiger partial charge in [-0.15, -0.1) is 0 Å². The molecule has 0 amide bonds. The average molecular weight is 247 g/mol. The number of nitriles is 1. The van der Waals surface area contributed by atoms with Gasteiger partial charge in [-0.25, -0.2) is 0 Å². The summed E-state index contributed by atoms with van der Waals surface area (Å²) in [6.45, 7) is 1.08. The Balaban J connectivity index is 2.15. The van der Waals surface area contributed by atoms with Crippen LogP contribution in [0.25, 0.3) is 0 Å². The van der Waals surface area contributed by atoms with Gasteiger partial charge in [0.05, 0.1) is 19.8 Å². The van der Waals surface area contributed by atoms with Gasteiger partial charge in [0.1, 0.15) is 5.92 Å². The fourth-order valence-corrected chi connectivity index (χ4v) is 1.53. The Morgan fingerprint density at radius 3 is 2.72 bits per heavy atom. The smallest absolute Gasteiger partial charge is 0.323 e. The number of ether oxygens (including phenoxy) is 2. The summed E-state index contributed by atoms with van der Waals surface area (Å²) < 4.78 is 9.99. The van der Waals surface area contributed by atoms with E-state index in [9.17, 15) is 4.79 Å². The number of carbonyl (C=O) groups is 1. The summed E-state index contributed by atoms with van der Waals surface area (Å²) in [5.74, 6) is -1.16. The Hall–Kier alpha value is -1.86. The first-order chi connectivity index (χ1) is 8.77. The second kappa shape index (κ2) is 8.26. The molecule has 1 atom stereocenters. The van der Waals surface area contributed by atoms with Gasteiger partial charge in [-0.2, -0.15) is 5.26 Å². The highest BCUT2D eigenvalue weighted by Crippen LogP contribution is 2.08. The van der Waals surface area contributed by atoms with Gasteiger partial charge in [-0.1, -0.05) is 30.3 Å². The molecule has 0 radical (unpaired) electrons. The molecule has 4 nitrogen and oxygen atoms in total. The van der Waals surface area contributed by atoms with Crippen LogP contribution in [-0.4, -0.2) is 19.7 Å². The third-order valence-electron chi connectivity index (χ3n) is 2.53. The molecular formula is C14H17NO3. The molecule has 0 aliphatic carbocycles. The molecule has 0 fully saturated rings. The average Bonchev–Trinajstić information content (AvgIpc) is 2.43. The maximum absolute atomic E-state index is 11.1. The molecule has 0 saturated heterocycles. The third kappa shape index (κ3) is 4.98. The van der Waals surface area contributed by atoms with Crippen molar-refractivity contribution in [3.8, 4) is 6.07 Å². The molecule has 0 bridgehead atoms. The number of rotatable bonds is 7. The Morgan fingerprint density at radius 1 is 1.39 bits per heavy atom. The monoisotopic (exact) mass is 247 g/mol. The van der Waals surface area contributed by atoms with Crippen LogP contribution in [0.4, 0.5) is 0 Å². The van der Waals surface area contributed by atoms with Gasteiger partial charge in [0.2, 0.25) is 0 Å². The van der Waals surface area contributed by atoms with Crippen LogP contribution in [0, 0.1) is 17.2 Å². The first-order valence-corrected chi connectivity index (χ1v) is 5.87. The molecule has 96 valence electrons. The molecule has 0 N–H and O–H groups in total. The lowest BCUT2D eigenvalue weighted by atomic mass is 10.1. The number of esters is 1. The second-order valence-corrected chi connectivity index (χ2v) is 3.89. The van der Waals surface area contributed by atoms with E-state index >= 15 is 0 Å². The van der Waals surface area contributed by atoms with E-state index in [1.807, 2.05) is 36.4 Å². The Bertz CT molecular complexity index is 397. The lowest BCUT2D eigenvalue weighted by Crippen LogP contribution is -2.14. The van der Waals surface area contributed by atoms with E-state index in [0.29, 0.717) is 26.1 Å². The Kier molecular flexibility index (Phi) is 6.52. The summed E-state index contributed by atoms with van der Waals surface area (Å²) in [6, 6.07) is 11.8. The van der Waals surface area contributed by atoms with Crippen LogP contribution >= 0.6 is 0 Å². The van der Waals surface area contributed by atoms with Gasteiger partial charge in [-0.05, 0) is 18.4 Å². The van der Waals surface area contributed by atoms with E-state index < -0.39 is 11.9 Å². The largest absolute Gasteiger partial charge is 0.468 e. The summed E-state index contributed by atoms with van der Waals surface area (Å²) in [5.41, 5.74) is 1.11. The highest BCUT2D eigenvalue weighted by Gasteiger charge is 2.17. The molecule has 0 aliphatic rings. The molecule has 0 aliphatic heterocycles. The third-order valence-corrected chi connectivity index (χ3v) is 2.53. The molecule has 1 aromatic carbocycles. The Morgan fingerprint density at radius 2 is 2.11 bits per heavy atom. The standard InChI is InChI=1S/C14H17NO3/c1-17-14(16)13(10-15)8-5-9-18-11-12-6-3-2-4-7-12/h2-4,6-7,13H,5,8-9,11H2,1H3. The maximum Gasteiger partial charge on any atom is 0.323 e. The highest BCUT2D eigenvalue weighted by molar-refractivity contribution is 5.74. The SMILES string of the molecule is COC(=O)C(C#N)CCCOCc1ccccc1. The van der Waals surface area contributed by atoms with Crippen molar-refractivity contribution >= 4 is 5.97 Å². The van der Waals surface area contributed by atoms with Gasteiger partial charge in [0, 0.05) is 6.61 Å². The van der Waals surface area contributed by atoms with E-state index in [-0.39, 0.29) is 0 Å². The fourth-order valence-electron chi connectivity index (χ4n) is 1.53. The van der Waals surface area contributed by atoms with Crippen LogP contribution in [0.2, 0.25) is 0 Å². The van der Waals surface area contributed by atoms with Crippen LogP contribution in [0.5, 0.6) is 0 Å². The molecule has 0 spiro atoms. The van der Waals surface area contributed by atoms with E-state index in [0.717, 1.165) is 5.56 Å². The molecule has 1 rings (SSSR count). The molecule has 1 aromatic rings. The van der Waals surface area contributed by atoms with Gasteiger partial charge in [0.25, 0.3) is 0 Å². The van der Waals surface area contributed by atoms with Gasteiger partial charge < -0.3 is 9.47 Å². The fraction of sp³-hybridized carbons (Fsp3) is 0.429. The predicted molar refractivity (Wildman–Crippen MR) is 66.5 cm³/mol. The molecule has 0 saturated carbocycles. The lowest BCUT2D eigenvalue weighted by molar-refractivity contribution is -0.143. The number of carbonyl (C=O) groups excluding carboxylic acids is 1. The normalized spacial score (nSPS) is 11.6. The van der Waals surface area contributed by atoms with E-state index in [1.165, 1.54) is 7.11 Å². The summed E-state index contributed by atoms with van der Waals surface area (Å²) in [7, 11) is 1.29. The maximum atomic E-state index is 11.1. The van der Waals surface area contributed by atoms with E-state index in [4.69, 9.17) is 10.00 Å². The van der Waals surface area contributed by atoms with Crippen LogP contribution in [0.15, 0.2) is 30.3 Å². The second-order valence-electron chi connectivity index (χ2n) is 3.89. The van der Waals surface area contributed by atoms with Crippen molar-refractivity contribution < 1.29 is 14.3 Å². The Labute approximate surface area is 107 Å². The minimum absolute atomic E-state index is 0.470. The topological polar surface area (TPSA) is 59.3 Å². The number of methoxy groups -OCH3 is 1. The number of hydrogen-bond acceptors (Lipinski definition) is 4. The number of hydrogen-bond donors (Lipinski definition) is 0. The van der Waals surface area contributed by atoms with E-state index in [1.54, 1.807) is 0 Å². The summed E-state index contributed by atoms with van der Waals surface area (Å²) in [5, 5.41) is 8.77. The van der Waals surface area contributed by atoms with Crippen molar-refractivity contribution in [1.82, 2.24) is 0 Å². The number of nitrogens with zero attached hydrogens (tertiary/aromatic N) is 1. The van der Waals surface area contributed by atoms with Crippen LogP contribution in [-0.2, 0) is 20.9 Å². The molecule has 18 heavy (non-hydrogen) atoms. The first kappa shape index (κ1) is 14.2. The highest BCUT2D eigenvalue weighted by atomic mass is 16.5. The van der Waals surface area contributed by atoms with E-state index in [2.05, 4.69) is 4.74 Å². The van der Waals surface area contributed by atoms with Crippen molar-refractivity contribution in [2.24, 2.45) is 5.92 Å². The van der Waals surface area contributed by atoms with Crippen molar-refractivity contribution in [2.45, 2.75) is 19.4 Å². The van der Waals surface area contributed by atoms with Crippen LogP contribution in [0.1, 0.15) is 18.4 Å². The minimum Gasteiger partial charge on any atom is -0.468 e. The van der Waals surface area contributed by atoms with Gasteiger partial charge >= 0.3 is 5.97 Å². The minimum atomic E-state index is -0.685. The summed E-state index contributed by atoms with van der Waals surface area (Å²) >= 11 is 0. The quantitative estimate of drug-likeness (QED) is 0.548. The van der Waals surface area contributed by atoms with Crippen molar-refractivity contribution in [1.29, 1.82) is 5.26 Å². The predicted octanol–water partition coefficient (Wildman–Crippen LogP) is 2.30.